The van der Waals surface area contributed by atoms with Crippen molar-refractivity contribution >= 4 is 41.4 Å². The molecule has 0 atom stereocenters. The minimum Gasteiger partial charge on any atom is -0.472 e. The van der Waals surface area contributed by atoms with Gasteiger partial charge in [0, 0.05) is 56.8 Å². The number of nitrogens with one attached hydrogen (secondary N) is 1. The van der Waals surface area contributed by atoms with Gasteiger partial charge in [0.15, 0.2) is 12.1 Å². The highest BCUT2D eigenvalue weighted by molar-refractivity contribution is 6.29. The molecule has 244 valence electrons. The molecule has 6 heterocycles. The summed E-state index contributed by atoms with van der Waals surface area (Å²) in [6.45, 7) is 3.65. The Balaban J connectivity index is 0.000000182. The highest BCUT2D eigenvalue weighted by Crippen LogP contribution is 2.18. The van der Waals surface area contributed by atoms with E-state index in [1.807, 2.05) is 21.9 Å². The van der Waals surface area contributed by atoms with Crippen molar-refractivity contribution < 1.29 is 23.5 Å². The van der Waals surface area contributed by atoms with Gasteiger partial charge in [0.1, 0.15) is 16.6 Å². The Morgan fingerprint density at radius 2 is 1.51 bits per heavy atom. The second-order valence-corrected chi connectivity index (χ2v) is 10.5. The standard InChI is InChI=1S/C15H13ClN4O3.C10H11ClN4O2.C5H4O2/c16-14-2-1-12(8-18-14)9-19-5-4-17-15(19)13(20(21)22)7-11-3-6-23-10-11;11-9-2-1-8(5-13-9)6-14-4-3-12-10(14)7-15(16)17;6-3-5-1-2-7-4-5/h1-3,6-8,10H,4-5,9H2;1-2,5,7,12H,3-4,6H2;1-4H/b13-7+;10-7-;. The van der Waals surface area contributed by atoms with E-state index in [-0.39, 0.29) is 5.70 Å². The SMILES string of the molecule is O=Cc1ccoc1.O=[N+]([O-])/C(=C/c1ccoc1)C1=NCCN1Cc1ccc(Cl)nc1.O=[N+]([O-])/C=C1/NCCN1Cc1ccc(Cl)nc1. The Bertz CT molecular complexity index is 1710. The summed E-state index contributed by atoms with van der Waals surface area (Å²) in [4.78, 5) is 46.8. The second-order valence-electron chi connectivity index (χ2n) is 9.77. The zero-order valence-electron chi connectivity index (χ0n) is 24.6. The van der Waals surface area contributed by atoms with Crippen LogP contribution in [0.2, 0.25) is 10.3 Å². The number of hydrogen-bond acceptors (Lipinski definition) is 13. The number of pyridine rings is 2. The molecule has 0 aliphatic carbocycles. The van der Waals surface area contributed by atoms with Crippen molar-refractivity contribution in [2.75, 3.05) is 26.2 Å². The maximum Gasteiger partial charge on any atom is 0.311 e. The summed E-state index contributed by atoms with van der Waals surface area (Å²) in [6, 6.07) is 10.4. The number of halogens is 2. The highest BCUT2D eigenvalue weighted by Gasteiger charge is 2.29. The number of hydrogen-bond donors (Lipinski definition) is 1. The normalized spacial score (nSPS) is 14.8. The Morgan fingerprint density at radius 3 is 2.00 bits per heavy atom. The Labute approximate surface area is 278 Å². The van der Waals surface area contributed by atoms with E-state index in [4.69, 9.17) is 27.6 Å². The first kappa shape index (κ1) is 34.3. The van der Waals surface area contributed by atoms with Crippen molar-refractivity contribution in [1.82, 2.24) is 25.1 Å². The molecule has 4 aromatic heterocycles. The summed E-state index contributed by atoms with van der Waals surface area (Å²) in [6.07, 6.45) is 12.3. The van der Waals surface area contributed by atoms with Gasteiger partial charge >= 0.3 is 5.70 Å². The number of furan rings is 2. The predicted octanol–water partition coefficient (Wildman–Crippen LogP) is 5.17. The highest BCUT2D eigenvalue weighted by atomic mass is 35.5. The van der Waals surface area contributed by atoms with E-state index < -0.39 is 9.85 Å². The van der Waals surface area contributed by atoms with Gasteiger partial charge in [-0.3, -0.25) is 30.0 Å². The third-order valence-corrected chi connectivity index (χ3v) is 6.91. The molecule has 1 saturated heterocycles. The van der Waals surface area contributed by atoms with Crippen LogP contribution in [0.4, 0.5) is 0 Å². The molecule has 0 unspecified atom stereocenters. The van der Waals surface area contributed by atoms with Gasteiger partial charge in [-0.1, -0.05) is 35.3 Å². The Kier molecular flexibility index (Phi) is 12.6. The first-order valence-electron chi connectivity index (χ1n) is 13.9. The van der Waals surface area contributed by atoms with E-state index in [1.54, 1.807) is 36.7 Å². The van der Waals surface area contributed by atoms with Crippen LogP contribution < -0.4 is 5.32 Å². The first-order chi connectivity index (χ1) is 22.7. The van der Waals surface area contributed by atoms with E-state index in [1.165, 1.54) is 31.1 Å². The van der Waals surface area contributed by atoms with Crippen LogP contribution in [-0.4, -0.2) is 67.9 Å². The molecule has 0 saturated carbocycles. The molecule has 0 bridgehead atoms. The van der Waals surface area contributed by atoms with E-state index in [2.05, 4.69) is 24.7 Å². The maximum atomic E-state index is 11.4. The molecule has 0 spiro atoms. The van der Waals surface area contributed by atoms with Crippen LogP contribution in [0.3, 0.4) is 0 Å². The fraction of sp³-hybridized carbons (Fsp3) is 0.200. The third-order valence-electron chi connectivity index (χ3n) is 6.46. The number of amidine groups is 1. The van der Waals surface area contributed by atoms with Crippen molar-refractivity contribution in [1.29, 1.82) is 0 Å². The molecule has 0 radical (unpaired) electrons. The van der Waals surface area contributed by atoms with Gasteiger partial charge in [0.2, 0.25) is 5.84 Å². The minimum absolute atomic E-state index is 0.0502. The largest absolute Gasteiger partial charge is 0.472 e. The summed E-state index contributed by atoms with van der Waals surface area (Å²) >= 11 is 11.5. The lowest BCUT2D eigenvalue weighted by Crippen LogP contribution is -2.30. The number of rotatable bonds is 9. The third kappa shape index (κ3) is 10.8. The number of nitro groups is 2. The van der Waals surface area contributed by atoms with Crippen molar-refractivity contribution in [2.45, 2.75) is 13.1 Å². The van der Waals surface area contributed by atoms with Crippen LogP contribution in [0.15, 0.2) is 105 Å². The molecule has 2 aliphatic heterocycles. The van der Waals surface area contributed by atoms with Gasteiger partial charge in [-0.15, -0.1) is 0 Å². The van der Waals surface area contributed by atoms with Gasteiger partial charge in [-0.25, -0.2) is 9.97 Å². The van der Waals surface area contributed by atoms with Crippen LogP contribution in [0.25, 0.3) is 6.08 Å². The lowest BCUT2D eigenvalue weighted by atomic mass is 10.2. The van der Waals surface area contributed by atoms with E-state index in [9.17, 15) is 25.0 Å². The summed E-state index contributed by atoms with van der Waals surface area (Å²) < 4.78 is 9.52. The van der Waals surface area contributed by atoms with Crippen LogP contribution >= 0.6 is 23.2 Å². The van der Waals surface area contributed by atoms with E-state index >= 15 is 0 Å². The van der Waals surface area contributed by atoms with Crippen LogP contribution in [0.1, 0.15) is 27.0 Å². The predicted molar refractivity (Wildman–Crippen MR) is 172 cm³/mol. The quantitative estimate of drug-likeness (QED) is 0.106. The molecule has 17 heteroatoms. The van der Waals surface area contributed by atoms with Crippen LogP contribution in [0, 0.1) is 20.2 Å². The summed E-state index contributed by atoms with van der Waals surface area (Å²) in [5.74, 6) is 0.899. The van der Waals surface area contributed by atoms with Crippen LogP contribution in [0.5, 0.6) is 0 Å². The smallest absolute Gasteiger partial charge is 0.311 e. The number of carbonyl (C=O) groups excluding carboxylic acids is 1. The molecule has 4 aromatic rings. The lowest BCUT2D eigenvalue weighted by Gasteiger charge is -2.18. The molecule has 0 aromatic carbocycles. The fourth-order valence-electron chi connectivity index (χ4n) is 4.32. The lowest BCUT2D eigenvalue weighted by molar-refractivity contribution is -0.414. The second kappa shape index (κ2) is 17.2. The fourth-order valence-corrected chi connectivity index (χ4v) is 4.54. The van der Waals surface area contributed by atoms with E-state index in [0.717, 1.165) is 30.2 Å². The average Bonchev–Trinajstić information content (AvgIpc) is 3.88. The van der Waals surface area contributed by atoms with Gasteiger partial charge < -0.3 is 24.0 Å². The van der Waals surface area contributed by atoms with Crippen molar-refractivity contribution in [2.24, 2.45) is 4.99 Å². The monoisotopic (exact) mass is 682 g/mol. The first-order valence-corrected chi connectivity index (χ1v) is 14.7. The van der Waals surface area contributed by atoms with Crippen molar-refractivity contribution in [3.05, 3.63) is 144 Å². The zero-order valence-corrected chi connectivity index (χ0v) is 26.2. The minimum atomic E-state index is -0.458. The van der Waals surface area contributed by atoms with Gasteiger partial charge in [0.25, 0.3) is 6.20 Å². The van der Waals surface area contributed by atoms with Crippen LogP contribution in [-0.2, 0) is 13.1 Å². The number of aromatic nitrogens is 2. The molecule has 1 fully saturated rings. The summed E-state index contributed by atoms with van der Waals surface area (Å²) in [7, 11) is 0. The van der Waals surface area contributed by atoms with E-state index in [0.29, 0.717) is 65.8 Å². The Hall–Kier alpha value is -5.54. The zero-order chi connectivity index (χ0) is 33.6. The summed E-state index contributed by atoms with van der Waals surface area (Å²) in [5.41, 5.74) is 3.03. The molecule has 1 N–H and O–H groups in total. The van der Waals surface area contributed by atoms with Crippen molar-refractivity contribution in [3.63, 3.8) is 0 Å². The van der Waals surface area contributed by atoms with Gasteiger partial charge in [-0.05, 0) is 35.4 Å². The van der Waals surface area contributed by atoms with Gasteiger partial charge in [0.05, 0.1) is 40.7 Å². The molecule has 6 rings (SSSR count). The number of nitrogens with zero attached hydrogens (tertiary/aromatic N) is 7. The Morgan fingerprint density at radius 1 is 0.894 bits per heavy atom. The molecule has 0 amide bonds. The molecule has 47 heavy (non-hydrogen) atoms. The van der Waals surface area contributed by atoms with Gasteiger partial charge in [-0.2, -0.15) is 0 Å². The molecular formula is C30H28Cl2N8O7. The molecule has 15 nitrogen and oxygen atoms in total. The summed E-state index contributed by atoms with van der Waals surface area (Å²) in [5, 5.41) is 25.7. The number of carbonyl (C=O) groups is 1. The van der Waals surface area contributed by atoms with Crippen molar-refractivity contribution in [3.8, 4) is 0 Å². The average molecular weight is 684 g/mol. The molecule has 2 aliphatic rings. The number of aldehydes is 1. The topological polar surface area (TPSA) is 186 Å². The number of aliphatic imine (C=N–C) groups is 1. The maximum absolute atomic E-state index is 11.4. The molecular weight excluding hydrogens is 655 g/mol.